The van der Waals surface area contributed by atoms with Gasteiger partial charge in [0.2, 0.25) is 0 Å². The molecule has 6 nitrogen and oxygen atoms in total. The molecule has 1 aromatic heterocycles. The average molecular weight is 384 g/mol. The number of nitro benzene ring substituents is 1. The number of anilines is 2. The number of hydrogen-bond acceptors (Lipinski definition) is 5. The number of halogens is 2. The molecule has 0 unspecified atom stereocenters. The van der Waals surface area contributed by atoms with E-state index in [0.717, 1.165) is 0 Å². The molecular weight excluding hydrogens is 372 g/mol. The second-order valence-electron chi connectivity index (χ2n) is 4.15. The summed E-state index contributed by atoms with van der Waals surface area (Å²) in [6, 6.07) is 6.45. The fourth-order valence-electron chi connectivity index (χ4n) is 1.88. The Balaban J connectivity index is 2.52. The molecule has 0 saturated heterocycles. The van der Waals surface area contributed by atoms with Crippen LogP contribution in [0.2, 0.25) is 5.15 Å². The van der Waals surface area contributed by atoms with Crippen molar-refractivity contribution in [3.05, 3.63) is 64.1 Å². The summed E-state index contributed by atoms with van der Waals surface area (Å²) in [5.74, 6) is 0.373. The normalized spacial score (nSPS) is 10.8. The topological polar surface area (TPSA) is 72.2 Å². The van der Waals surface area contributed by atoms with Gasteiger partial charge in [0.25, 0.3) is 5.69 Å². The van der Waals surface area contributed by atoms with Crippen molar-refractivity contribution in [1.29, 1.82) is 0 Å². The number of aromatic nitrogens is 2. The molecule has 0 amide bonds. The van der Waals surface area contributed by atoms with E-state index in [1.165, 1.54) is 18.5 Å². The van der Waals surface area contributed by atoms with E-state index >= 15 is 0 Å². The van der Waals surface area contributed by atoms with Crippen LogP contribution >= 0.6 is 27.5 Å². The fourth-order valence-corrected chi connectivity index (χ4v) is 2.35. The third-order valence-electron chi connectivity index (χ3n) is 2.80. The zero-order valence-electron chi connectivity index (χ0n) is 11.4. The van der Waals surface area contributed by atoms with Gasteiger partial charge in [-0.1, -0.05) is 51.8 Å². The first-order valence-electron chi connectivity index (χ1n) is 6.33. The molecule has 114 valence electrons. The highest BCUT2D eigenvalue weighted by Crippen LogP contribution is 2.34. The fraction of sp³-hybridized carbons (Fsp3) is 0.143. The van der Waals surface area contributed by atoms with E-state index in [0.29, 0.717) is 23.4 Å². The summed E-state index contributed by atoms with van der Waals surface area (Å²) in [7, 11) is 0. The van der Waals surface area contributed by atoms with E-state index in [1.807, 2.05) is 12.2 Å². The Bertz CT molecular complexity index is 696. The summed E-state index contributed by atoms with van der Waals surface area (Å²) in [5.41, 5.74) is 0.394. The van der Waals surface area contributed by atoms with Crippen LogP contribution in [-0.2, 0) is 0 Å². The lowest BCUT2D eigenvalue weighted by molar-refractivity contribution is -0.384. The summed E-state index contributed by atoms with van der Waals surface area (Å²) >= 11 is 9.39. The van der Waals surface area contributed by atoms with E-state index < -0.39 is 4.92 Å². The first-order valence-corrected chi connectivity index (χ1v) is 7.83. The first-order chi connectivity index (χ1) is 10.6. The molecule has 0 bridgehead atoms. The van der Waals surface area contributed by atoms with Gasteiger partial charge in [0.05, 0.1) is 4.92 Å². The zero-order chi connectivity index (χ0) is 15.9. The summed E-state index contributed by atoms with van der Waals surface area (Å²) in [5, 5.41) is 12.1. The van der Waals surface area contributed by atoms with E-state index in [-0.39, 0.29) is 10.8 Å². The van der Waals surface area contributed by atoms with Crippen LogP contribution in [0.1, 0.15) is 0 Å². The lowest BCUT2D eigenvalue weighted by atomic mass is 10.2. The largest absolute Gasteiger partial charge is 0.314 e. The predicted octanol–water partition coefficient (Wildman–Crippen LogP) is 4.13. The minimum atomic E-state index is -0.430. The van der Waals surface area contributed by atoms with Gasteiger partial charge in [0, 0.05) is 30.3 Å². The third kappa shape index (κ3) is 3.80. The quantitative estimate of drug-likeness (QED) is 0.325. The van der Waals surface area contributed by atoms with Gasteiger partial charge < -0.3 is 4.90 Å². The standard InChI is InChI=1S/C14H12BrClN4O2/c15-7-3-4-10-19(14-13(16)17-8-9-18-14)11-5-1-2-6-12(11)20(21)22/h1-6,8-9H,7,10H2. The molecule has 0 fully saturated rings. The molecule has 2 aromatic rings. The zero-order valence-corrected chi connectivity index (χ0v) is 13.7. The SMILES string of the molecule is O=[N+]([O-])c1ccccc1N(CC=CCBr)c1nccnc1Cl. The number of nitrogens with zero attached hydrogens (tertiary/aromatic N) is 4. The van der Waals surface area contributed by atoms with Crippen molar-refractivity contribution >= 4 is 44.7 Å². The van der Waals surface area contributed by atoms with Gasteiger partial charge in [-0.3, -0.25) is 10.1 Å². The molecule has 0 spiro atoms. The molecule has 2 rings (SSSR count). The van der Waals surface area contributed by atoms with E-state index in [4.69, 9.17) is 11.6 Å². The van der Waals surface area contributed by atoms with Crippen molar-refractivity contribution in [2.24, 2.45) is 0 Å². The van der Waals surface area contributed by atoms with Crippen molar-refractivity contribution in [1.82, 2.24) is 9.97 Å². The lowest BCUT2D eigenvalue weighted by Crippen LogP contribution is -2.20. The molecule has 1 aromatic carbocycles. The van der Waals surface area contributed by atoms with Gasteiger partial charge in [-0.05, 0) is 6.07 Å². The number of para-hydroxylation sites is 2. The van der Waals surface area contributed by atoms with Crippen molar-refractivity contribution in [2.45, 2.75) is 0 Å². The van der Waals surface area contributed by atoms with Gasteiger partial charge in [0.15, 0.2) is 11.0 Å². The Hall–Kier alpha value is -1.99. The monoisotopic (exact) mass is 382 g/mol. The van der Waals surface area contributed by atoms with Gasteiger partial charge in [0.1, 0.15) is 5.69 Å². The molecule has 22 heavy (non-hydrogen) atoms. The molecule has 0 atom stereocenters. The van der Waals surface area contributed by atoms with Crippen LogP contribution in [0.5, 0.6) is 0 Å². The second-order valence-corrected chi connectivity index (χ2v) is 5.16. The summed E-state index contributed by atoms with van der Waals surface area (Å²) in [6.45, 7) is 0.384. The molecule has 8 heteroatoms. The van der Waals surface area contributed by atoms with Crippen LogP contribution in [-0.4, -0.2) is 26.8 Å². The van der Waals surface area contributed by atoms with Crippen LogP contribution < -0.4 is 4.90 Å². The summed E-state index contributed by atoms with van der Waals surface area (Å²) < 4.78 is 0. The van der Waals surface area contributed by atoms with Gasteiger partial charge in [-0.25, -0.2) is 9.97 Å². The number of alkyl halides is 1. The average Bonchev–Trinajstić information content (AvgIpc) is 2.53. The molecule has 0 saturated carbocycles. The van der Waals surface area contributed by atoms with Crippen molar-refractivity contribution in [2.75, 3.05) is 16.8 Å². The molecular formula is C14H12BrClN4O2. The Kier molecular flexibility index (Phi) is 5.85. The number of benzene rings is 1. The Morgan fingerprint density at radius 1 is 1.27 bits per heavy atom. The van der Waals surface area contributed by atoms with Gasteiger partial charge in [-0.15, -0.1) is 0 Å². The highest BCUT2D eigenvalue weighted by atomic mass is 79.9. The van der Waals surface area contributed by atoms with Crippen LogP contribution in [0.3, 0.4) is 0 Å². The van der Waals surface area contributed by atoms with Crippen LogP contribution in [0, 0.1) is 10.1 Å². The summed E-state index contributed by atoms with van der Waals surface area (Å²) in [6.07, 6.45) is 6.73. The van der Waals surface area contributed by atoms with Crippen molar-refractivity contribution in [3.8, 4) is 0 Å². The maximum atomic E-state index is 11.3. The smallest absolute Gasteiger partial charge is 0.292 e. The highest BCUT2D eigenvalue weighted by molar-refractivity contribution is 9.09. The molecule has 0 radical (unpaired) electrons. The lowest BCUT2D eigenvalue weighted by Gasteiger charge is -2.22. The molecule has 0 aliphatic carbocycles. The predicted molar refractivity (Wildman–Crippen MR) is 90.1 cm³/mol. The Labute approximate surface area is 140 Å². The Morgan fingerprint density at radius 2 is 2.00 bits per heavy atom. The minimum absolute atomic E-state index is 0.0172. The highest BCUT2D eigenvalue weighted by Gasteiger charge is 2.22. The van der Waals surface area contributed by atoms with Crippen molar-refractivity contribution < 1.29 is 4.92 Å². The van der Waals surface area contributed by atoms with Crippen LogP contribution in [0.25, 0.3) is 0 Å². The second kappa shape index (κ2) is 7.86. The maximum absolute atomic E-state index is 11.3. The van der Waals surface area contributed by atoms with E-state index in [9.17, 15) is 10.1 Å². The maximum Gasteiger partial charge on any atom is 0.292 e. The van der Waals surface area contributed by atoms with Gasteiger partial charge in [-0.2, -0.15) is 0 Å². The minimum Gasteiger partial charge on any atom is -0.314 e. The van der Waals surface area contributed by atoms with Crippen LogP contribution in [0.4, 0.5) is 17.2 Å². The third-order valence-corrected chi connectivity index (χ3v) is 3.44. The first kappa shape index (κ1) is 16.4. The summed E-state index contributed by atoms with van der Waals surface area (Å²) in [4.78, 5) is 20.7. The molecule has 0 aliphatic rings. The number of nitro groups is 1. The molecule has 1 heterocycles. The molecule has 0 aliphatic heterocycles. The number of allylic oxidation sites excluding steroid dienone is 1. The number of rotatable bonds is 6. The van der Waals surface area contributed by atoms with Crippen molar-refractivity contribution in [3.63, 3.8) is 0 Å². The van der Waals surface area contributed by atoms with Gasteiger partial charge >= 0.3 is 0 Å². The number of hydrogen-bond donors (Lipinski definition) is 0. The molecule has 0 N–H and O–H groups in total. The van der Waals surface area contributed by atoms with E-state index in [2.05, 4.69) is 25.9 Å². The van der Waals surface area contributed by atoms with Crippen LogP contribution in [0.15, 0.2) is 48.8 Å². The van der Waals surface area contributed by atoms with E-state index in [1.54, 1.807) is 23.1 Å². The Morgan fingerprint density at radius 3 is 2.68 bits per heavy atom.